The third-order valence-corrected chi connectivity index (χ3v) is 2.83. The summed E-state index contributed by atoms with van der Waals surface area (Å²) < 4.78 is 5.31. The largest absolute Gasteiger partial charge is 0.495 e. The molecule has 2 rings (SSSR count). The van der Waals surface area contributed by atoms with Gasteiger partial charge in [0.1, 0.15) is 5.75 Å². The van der Waals surface area contributed by atoms with E-state index < -0.39 is 0 Å². The minimum absolute atomic E-state index is 0.602. The van der Waals surface area contributed by atoms with Crippen LogP contribution < -0.4 is 15.4 Å². The summed E-state index contributed by atoms with van der Waals surface area (Å²) in [6.45, 7) is 3.31. The Labute approximate surface area is 84.5 Å². The average Bonchev–Trinajstić information content (AvgIpc) is 2.16. The predicted octanol–water partition coefficient (Wildman–Crippen LogP) is 1.88. The fraction of sp³-hybridized carbons (Fsp3) is 0.455. The average molecular weight is 192 g/mol. The van der Waals surface area contributed by atoms with Gasteiger partial charge < -0.3 is 15.4 Å². The standard InChI is InChI=1S/C11H16N2O/c1-8-5-6-13(8)10-7-9(12)3-4-11(10)14-2/h3-4,7-8H,5-6,12H2,1-2H3. The first-order valence-electron chi connectivity index (χ1n) is 4.92. The second kappa shape index (κ2) is 3.40. The Bertz CT molecular complexity index is 338. The van der Waals surface area contributed by atoms with Gasteiger partial charge in [-0.3, -0.25) is 0 Å². The Balaban J connectivity index is 2.34. The third-order valence-electron chi connectivity index (χ3n) is 2.83. The topological polar surface area (TPSA) is 38.5 Å². The number of hydrogen-bond acceptors (Lipinski definition) is 3. The molecule has 76 valence electrons. The second-order valence-corrected chi connectivity index (χ2v) is 3.76. The van der Waals surface area contributed by atoms with Crippen LogP contribution in [0.15, 0.2) is 18.2 Å². The van der Waals surface area contributed by atoms with Crippen LogP contribution in [0.3, 0.4) is 0 Å². The van der Waals surface area contributed by atoms with Gasteiger partial charge in [-0.05, 0) is 31.5 Å². The molecule has 0 spiro atoms. The van der Waals surface area contributed by atoms with E-state index in [-0.39, 0.29) is 0 Å². The normalized spacial score (nSPS) is 20.4. The molecule has 1 aromatic rings. The van der Waals surface area contributed by atoms with Gasteiger partial charge in [0.15, 0.2) is 0 Å². The molecular weight excluding hydrogens is 176 g/mol. The smallest absolute Gasteiger partial charge is 0.142 e. The summed E-state index contributed by atoms with van der Waals surface area (Å²) in [7, 11) is 1.69. The number of nitrogen functional groups attached to an aromatic ring is 1. The lowest BCUT2D eigenvalue weighted by Crippen LogP contribution is -2.45. The molecule has 0 aromatic heterocycles. The Morgan fingerprint density at radius 3 is 2.79 bits per heavy atom. The first-order chi connectivity index (χ1) is 6.72. The van der Waals surface area contributed by atoms with Crippen LogP contribution in [-0.4, -0.2) is 19.7 Å². The maximum absolute atomic E-state index is 5.76. The maximum atomic E-state index is 5.76. The van der Waals surface area contributed by atoms with Crippen molar-refractivity contribution in [2.75, 3.05) is 24.3 Å². The number of anilines is 2. The number of ether oxygens (including phenoxy) is 1. The van der Waals surface area contributed by atoms with Gasteiger partial charge in [-0.2, -0.15) is 0 Å². The van der Waals surface area contributed by atoms with Crippen molar-refractivity contribution in [2.24, 2.45) is 0 Å². The summed E-state index contributed by atoms with van der Waals surface area (Å²) in [6.07, 6.45) is 1.25. The number of rotatable bonds is 2. The summed E-state index contributed by atoms with van der Waals surface area (Å²) >= 11 is 0. The Kier molecular flexibility index (Phi) is 2.23. The van der Waals surface area contributed by atoms with Crippen molar-refractivity contribution in [2.45, 2.75) is 19.4 Å². The second-order valence-electron chi connectivity index (χ2n) is 3.76. The predicted molar refractivity (Wildman–Crippen MR) is 58.8 cm³/mol. The lowest BCUT2D eigenvalue weighted by atomic mass is 10.0. The molecule has 0 radical (unpaired) electrons. The van der Waals surface area contributed by atoms with Gasteiger partial charge in [0.05, 0.1) is 12.8 Å². The summed E-state index contributed by atoms with van der Waals surface area (Å²) in [6, 6.07) is 6.38. The molecule has 3 nitrogen and oxygen atoms in total. The molecule has 3 heteroatoms. The molecule has 14 heavy (non-hydrogen) atoms. The summed E-state index contributed by atoms with van der Waals surface area (Å²) in [5.74, 6) is 0.908. The molecule has 1 heterocycles. The molecule has 1 aliphatic heterocycles. The van der Waals surface area contributed by atoms with Crippen molar-refractivity contribution >= 4 is 11.4 Å². The van der Waals surface area contributed by atoms with Crippen molar-refractivity contribution in [3.63, 3.8) is 0 Å². The summed E-state index contributed by atoms with van der Waals surface area (Å²) in [5, 5.41) is 0. The van der Waals surface area contributed by atoms with Crippen LogP contribution in [0.1, 0.15) is 13.3 Å². The zero-order chi connectivity index (χ0) is 10.1. The van der Waals surface area contributed by atoms with E-state index in [9.17, 15) is 0 Å². The van der Waals surface area contributed by atoms with Crippen LogP contribution in [0.25, 0.3) is 0 Å². The van der Waals surface area contributed by atoms with Crippen molar-refractivity contribution in [3.05, 3.63) is 18.2 Å². The molecule has 1 saturated heterocycles. The van der Waals surface area contributed by atoms with E-state index in [1.807, 2.05) is 18.2 Å². The minimum Gasteiger partial charge on any atom is -0.495 e. The highest BCUT2D eigenvalue weighted by atomic mass is 16.5. The van der Waals surface area contributed by atoms with E-state index in [0.29, 0.717) is 6.04 Å². The molecular formula is C11H16N2O. The van der Waals surface area contributed by atoms with Crippen molar-refractivity contribution < 1.29 is 4.74 Å². The lowest BCUT2D eigenvalue weighted by Gasteiger charge is -2.41. The molecule has 0 saturated carbocycles. The van der Waals surface area contributed by atoms with Crippen molar-refractivity contribution in [1.29, 1.82) is 0 Å². The summed E-state index contributed by atoms with van der Waals surface area (Å²) in [4.78, 5) is 2.31. The molecule has 0 amide bonds. The SMILES string of the molecule is COc1ccc(N)cc1N1CCC1C. The number of hydrogen-bond donors (Lipinski definition) is 1. The van der Waals surface area contributed by atoms with Gasteiger partial charge in [0, 0.05) is 18.3 Å². The Morgan fingerprint density at radius 1 is 1.50 bits per heavy atom. The van der Waals surface area contributed by atoms with Crippen LogP contribution in [0.4, 0.5) is 11.4 Å². The molecule has 1 atom stereocenters. The van der Waals surface area contributed by atoms with Gasteiger partial charge in [0.25, 0.3) is 0 Å². The highest BCUT2D eigenvalue weighted by Gasteiger charge is 2.26. The van der Waals surface area contributed by atoms with Crippen LogP contribution in [-0.2, 0) is 0 Å². The first-order valence-corrected chi connectivity index (χ1v) is 4.92. The van der Waals surface area contributed by atoms with E-state index in [0.717, 1.165) is 23.7 Å². The first kappa shape index (κ1) is 9.19. The molecule has 0 bridgehead atoms. The number of methoxy groups -OCH3 is 1. The van der Waals surface area contributed by atoms with Gasteiger partial charge in [-0.25, -0.2) is 0 Å². The zero-order valence-electron chi connectivity index (χ0n) is 8.66. The zero-order valence-corrected chi connectivity index (χ0v) is 8.66. The number of nitrogens with zero attached hydrogens (tertiary/aromatic N) is 1. The Morgan fingerprint density at radius 2 is 2.29 bits per heavy atom. The van der Waals surface area contributed by atoms with Crippen LogP contribution in [0, 0.1) is 0 Å². The fourth-order valence-corrected chi connectivity index (χ4v) is 1.81. The molecule has 0 aliphatic carbocycles. The van der Waals surface area contributed by atoms with E-state index in [1.54, 1.807) is 7.11 Å². The van der Waals surface area contributed by atoms with Crippen LogP contribution in [0.2, 0.25) is 0 Å². The maximum Gasteiger partial charge on any atom is 0.142 e. The van der Waals surface area contributed by atoms with E-state index in [2.05, 4.69) is 11.8 Å². The van der Waals surface area contributed by atoms with Crippen LogP contribution in [0.5, 0.6) is 5.75 Å². The van der Waals surface area contributed by atoms with Crippen molar-refractivity contribution in [3.8, 4) is 5.75 Å². The molecule has 2 N–H and O–H groups in total. The van der Waals surface area contributed by atoms with Gasteiger partial charge in [-0.1, -0.05) is 0 Å². The molecule has 1 fully saturated rings. The molecule has 1 aromatic carbocycles. The van der Waals surface area contributed by atoms with Gasteiger partial charge in [0.2, 0.25) is 0 Å². The third kappa shape index (κ3) is 1.39. The molecule has 1 aliphatic rings. The quantitative estimate of drug-likeness (QED) is 0.727. The van der Waals surface area contributed by atoms with Gasteiger partial charge in [-0.15, -0.1) is 0 Å². The molecule has 1 unspecified atom stereocenters. The van der Waals surface area contributed by atoms with Crippen molar-refractivity contribution in [1.82, 2.24) is 0 Å². The summed E-state index contributed by atoms with van der Waals surface area (Å²) in [5.41, 5.74) is 7.67. The van der Waals surface area contributed by atoms with Gasteiger partial charge >= 0.3 is 0 Å². The van der Waals surface area contributed by atoms with E-state index in [4.69, 9.17) is 10.5 Å². The Hall–Kier alpha value is -1.38. The lowest BCUT2D eigenvalue weighted by molar-refractivity contribution is 0.404. The number of nitrogens with two attached hydrogens (primary N) is 1. The van der Waals surface area contributed by atoms with E-state index in [1.165, 1.54) is 6.42 Å². The minimum atomic E-state index is 0.602. The highest BCUT2D eigenvalue weighted by Crippen LogP contribution is 2.35. The monoisotopic (exact) mass is 192 g/mol. The fourth-order valence-electron chi connectivity index (χ4n) is 1.81. The number of benzene rings is 1. The highest BCUT2D eigenvalue weighted by molar-refractivity contribution is 5.66. The van der Waals surface area contributed by atoms with E-state index >= 15 is 0 Å². The van der Waals surface area contributed by atoms with Crippen LogP contribution >= 0.6 is 0 Å².